The Morgan fingerprint density at radius 1 is 0.529 bits per heavy atom. The standard InChI is InChI=1S/C30H22N2O2/c31-32(27-17-11-23(12-18-27)15-21-29(33)25-7-3-1-4-8-25)28-19-13-24(14-20-28)16-22-30(34)26-9-5-2-6-10-26/h1-22H. The molecule has 4 nitrogen and oxygen atoms in total. The molecule has 0 unspecified atom stereocenters. The summed E-state index contributed by atoms with van der Waals surface area (Å²) in [5, 5.41) is 0. The minimum absolute atomic E-state index is 0.0620. The predicted octanol–water partition coefficient (Wildman–Crippen LogP) is 7.34. The van der Waals surface area contributed by atoms with Gasteiger partial charge in [0.15, 0.2) is 22.9 Å². The van der Waals surface area contributed by atoms with Crippen LogP contribution in [0.2, 0.25) is 0 Å². The normalized spacial score (nSPS) is 11.1. The van der Waals surface area contributed by atoms with Crippen molar-refractivity contribution < 1.29 is 9.59 Å². The number of carbonyl (C=O) groups is 2. The van der Waals surface area contributed by atoms with Crippen molar-refractivity contribution in [2.45, 2.75) is 0 Å². The number of carbonyl (C=O) groups excluding carboxylic acids is 2. The lowest BCUT2D eigenvalue weighted by atomic mass is 10.1. The number of allylic oxidation sites excluding steroid dienone is 2. The maximum Gasteiger partial charge on any atom is 0.199 e. The molecule has 0 atom stereocenters. The van der Waals surface area contributed by atoms with E-state index in [9.17, 15) is 15.1 Å². The van der Waals surface area contributed by atoms with Crippen LogP contribution in [-0.4, -0.2) is 11.6 Å². The van der Waals surface area contributed by atoms with E-state index in [4.69, 9.17) is 0 Å². The third-order valence-corrected chi connectivity index (χ3v) is 5.25. The predicted molar refractivity (Wildman–Crippen MR) is 137 cm³/mol. The van der Waals surface area contributed by atoms with Gasteiger partial charge in [-0.1, -0.05) is 72.8 Å². The van der Waals surface area contributed by atoms with Gasteiger partial charge in [0.1, 0.15) is 0 Å². The molecule has 34 heavy (non-hydrogen) atoms. The molecule has 164 valence electrons. The average Bonchev–Trinajstić information content (AvgIpc) is 2.91. The topological polar surface area (TPSA) is 59.5 Å². The first-order valence-corrected chi connectivity index (χ1v) is 10.8. The van der Waals surface area contributed by atoms with Gasteiger partial charge in [-0.15, -0.1) is 0 Å². The monoisotopic (exact) mass is 442 g/mol. The molecule has 0 saturated carbocycles. The number of nitrogens with zero attached hydrogens (tertiary/aromatic N) is 2. The van der Waals surface area contributed by atoms with E-state index in [0.29, 0.717) is 22.5 Å². The van der Waals surface area contributed by atoms with Crippen molar-refractivity contribution in [2.75, 3.05) is 0 Å². The van der Waals surface area contributed by atoms with Gasteiger partial charge in [0, 0.05) is 35.4 Å². The van der Waals surface area contributed by atoms with Crippen molar-refractivity contribution in [3.05, 3.63) is 149 Å². The highest BCUT2D eigenvalue weighted by Crippen LogP contribution is 2.22. The summed E-state index contributed by atoms with van der Waals surface area (Å²) >= 11 is 0. The molecular formula is C30H22N2O2. The SMILES string of the molecule is [N-]=[N+](c1ccc(C=CC(=O)c2ccccc2)cc1)c1ccc(C=CC(=O)c2ccccc2)cc1. The summed E-state index contributed by atoms with van der Waals surface area (Å²) in [5.74, 6) is -0.124. The molecular weight excluding hydrogens is 420 g/mol. The number of hydrogen-bond donors (Lipinski definition) is 0. The molecule has 0 saturated heterocycles. The lowest BCUT2D eigenvalue weighted by Gasteiger charge is -2.06. The maximum atomic E-state index is 12.2. The Labute approximate surface area is 198 Å². The van der Waals surface area contributed by atoms with Crippen molar-refractivity contribution in [1.82, 2.24) is 4.70 Å². The molecule has 0 spiro atoms. The van der Waals surface area contributed by atoms with Crippen LogP contribution in [0.4, 0.5) is 11.4 Å². The first-order chi connectivity index (χ1) is 16.6. The lowest BCUT2D eigenvalue weighted by molar-refractivity contribution is 0.103. The van der Waals surface area contributed by atoms with Crippen molar-refractivity contribution in [2.24, 2.45) is 0 Å². The van der Waals surface area contributed by atoms with E-state index >= 15 is 0 Å². The highest BCUT2D eigenvalue weighted by Gasteiger charge is 2.07. The van der Waals surface area contributed by atoms with Gasteiger partial charge in [0.05, 0.1) is 0 Å². The third-order valence-electron chi connectivity index (χ3n) is 5.25. The molecule has 4 aromatic carbocycles. The zero-order valence-corrected chi connectivity index (χ0v) is 18.4. The van der Waals surface area contributed by atoms with Crippen LogP contribution >= 0.6 is 0 Å². The first-order valence-electron chi connectivity index (χ1n) is 10.8. The summed E-state index contributed by atoms with van der Waals surface area (Å²) in [5.41, 5.74) is 14.8. The summed E-state index contributed by atoms with van der Waals surface area (Å²) in [4.78, 5) is 24.4. The molecule has 0 N–H and O–H groups in total. The van der Waals surface area contributed by atoms with E-state index < -0.39 is 0 Å². The van der Waals surface area contributed by atoms with Crippen LogP contribution in [0.1, 0.15) is 31.8 Å². The minimum Gasteiger partial charge on any atom is -0.493 e. The smallest absolute Gasteiger partial charge is 0.199 e. The molecule has 0 aliphatic heterocycles. The van der Waals surface area contributed by atoms with Gasteiger partial charge in [-0.05, 0) is 47.5 Å². The molecule has 0 heterocycles. The second-order valence-corrected chi connectivity index (χ2v) is 7.62. The highest BCUT2D eigenvalue weighted by molar-refractivity contribution is 6.07. The van der Waals surface area contributed by atoms with Crippen LogP contribution in [-0.2, 0) is 0 Å². The summed E-state index contributed by atoms with van der Waals surface area (Å²) in [6, 6.07) is 32.6. The van der Waals surface area contributed by atoms with Gasteiger partial charge in [0.2, 0.25) is 0 Å². The Morgan fingerprint density at radius 3 is 1.24 bits per heavy atom. The van der Waals surface area contributed by atoms with Crippen molar-refractivity contribution in [3.63, 3.8) is 0 Å². The average molecular weight is 443 g/mol. The zero-order chi connectivity index (χ0) is 23.8. The van der Waals surface area contributed by atoms with Gasteiger partial charge in [-0.3, -0.25) is 9.59 Å². The molecule has 4 rings (SSSR count). The molecule has 0 bridgehead atoms. The molecule has 0 fully saturated rings. The van der Waals surface area contributed by atoms with Crippen LogP contribution in [0.25, 0.3) is 17.7 Å². The first kappa shape index (κ1) is 22.5. The third kappa shape index (κ3) is 5.75. The highest BCUT2D eigenvalue weighted by atomic mass is 16.1. The Morgan fingerprint density at radius 2 is 0.882 bits per heavy atom. The van der Waals surface area contributed by atoms with Crippen LogP contribution in [0.3, 0.4) is 0 Å². The van der Waals surface area contributed by atoms with E-state index in [-0.39, 0.29) is 11.6 Å². The number of rotatable bonds is 8. The Balaban J connectivity index is 1.39. The van der Waals surface area contributed by atoms with Crippen LogP contribution in [0.15, 0.2) is 121 Å². The van der Waals surface area contributed by atoms with Gasteiger partial charge in [-0.25, -0.2) is 4.70 Å². The Bertz CT molecular complexity index is 1250. The van der Waals surface area contributed by atoms with Crippen LogP contribution in [0.5, 0.6) is 0 Å². The van der Waals surface area contributed by atoms with Crippen molar-refractivity contribution >= 4 is 35.1 Å². The van der Waals surface area contributed by atoms with Crippen molar-refractivity contribution in [3.8, 4) is 0 Å². The number of hydrogen-bond acceptors (Lipinski definition) is 2. The largest absolute Gasteiger partial charge is 0.493 e. The summed E-state index contributed by atoms with van der Waals surface area (Å²) in [6.07, 6.45) is 6.57. The molecule has 4 heteroatoms. The molecule has 4 aromatic rings. The fourth-order valence-electron chi connectivity index (χ4n) is 3.34. The molecule has 0 aliphatic rings. The van der Waals surface area contributed by atoms with Gasteiger partial charge in [0.25, 0.3) is 0 Å². The molecule has 0 aromatic heterocycles. The van der Waals surface area contributed by atoms with Crippen LogP contribution in [0, 0.1) is 0 Å². The summed E-state index contributed by atoms with van der Waals surface area (Å²) in [6.45, 7) is 0. The Kier molecular flexibility index (Phi) is 7.11. The second-order valence-electron chi connectivity index (χ2n) is 7.62. The maximum absolute atomic E-state index is 12.2. The zero-order valence-electron chi connectivity index (χ0n) is 18.4. The van der Waals surface area contributed by atoms with Gasteiger partial charge in [-0.2, -0.15) is 0 Å². The van der Waals surface area contributed by atoms with E-state index in [2.05, 4.69) is 0 Å². The lowest BCUT2D eigenvalue weighted by Crippen LogP contribution is -1.97. The van der Waals surface area contributed by atoms with Gasteiger partial charge < -0.3 is 5.53 Å². The van der Waals surface area contributed by atoms with Crippen LogP contribution < -0.4 is 4.70 Å². The molecule has 0 aliphatic carbocycles. The van der Waals surface area contributed by atoms with E-state index in [0.717, 1.165) is 15.8 Å². The van der Waals surface area contributed by atoms with Crippen molar-refractivity contribution in [1.29, 1.82) is 0 Å². The minimum atomic E-state index is -0.0620. The van der Waals surface area contributed by atoms with Gasteiger partial charge >= 0.3 is 0 Å². The van der Waals surface area contributed by atoms with E-state index in [1.165, 1.54) is 12.2 Å². The molecule has 0 radical (unpaired) electrons. The molecule has 0 amide bonds. The quantitative estimate of drug-likeness (QED) is 0.124. The number of ketones is 2. The number of benzene rings is 4. The second kappa shape index (κ2) is 10.7. The fraction of sp³-hybridized carbons (Fsp3) is 0. The van der Waals surface area contributed by atoms with E-state index in [1.807, 2.05) is 60.7 Å². The van der Waals surface area contributed by atoms with E-state index in [1.54, 1.807) is 60.7 Å². The summed E-state index contributed by atoms with van der Waals surface area (Å²) in [7, 11) is 0. The summed E-state index contributed by atoms with van der Waals surface area (Å²) < 4.78 is 1.09. The fourth-order valence-corrected chi connectivity index (χ4v) is 3.34. The Hall–Kier alpha value is -4.70.